The summed E-state index contributed by atoms with van der Waals surface area (Å²) in [5.74, 6) is 0. The van der Waals surface area contributed by atoms with Gasteiger partial charge in [-0.1, -0.05) is 54.6 Å². The van der Waals surface area contributed by atoms with Crippen LogP contribution in [0.2, 0.25) is 0 Å². The third-order valence-corrected chi connectivity index (χ3v) is 4.25. The maximum absolute atomic E-state index is 4.31. The molecule has 3 heteroatoms. The number of aromatic nitrogens is 2. The van der Waals surface area contributed by atoms with E-state index in [0.717, 1.165) is 18.7 Å². The SMILES string of the molecule is c1ccc(-c2ccccc2C2Cc3nnccc3CN2)cc1. The summed E-state index contributed by atoms with van der Waals surface area (Å²) in [5, 5.41) is 12.0. The molecule has 0 aliphatic carbocycles. The van der Waals surface area contributed by atoms with E-state index in [9.17, 15) is 0 Å². The average molecular weight is 287 g/mol. The lowest BCUT2D eigenvalue weighted by Gasteiger charge is -2.27. The summed E-state index contributed by atoms with van der Waals surface area (Å²) in [7, 11) is 0. The summed E-state index contributed by atoms with van der Waals surface area (Å²) >= 11 is 0. The van der Waals surface area contributed by atoms with Gasteiger partial charge in [-0.25, -0.2) is 0 Å². The van der Waals surface area contributed by atoms with Gasteiger partial charge in [0.25, 0.3) is 0 Å². The summed E-state index contributed by atoms with van der Waals surface area (Å²) < 4.78 is 0. The Balaban J connectivity index is 1.73. The number of hydrogen-bond acceptors (Lipinski definition) is 3. The van der Waals surface area contributed by atoms with Gasteiger partial charge >= 0.3 is 0 Å². The smallest absolute Gasteiger partial charge is 0.0694 e. The van der Waals surface area contributed by atoms with Crippen LogP contribution in [0, 0.1) is 0 Å². The molecular weight excluding hydrogens is 270 g/mol. The fourth-order valence-electron chi connectivity index (χ4n) is 3.12. The van der Waals surface area contributed by atoms with Gasteiger partial charge < -0.3 is 5.32 Å². The lowest BCUT2D eigenvalue weighted by Crippen LogP contribution is -2.29. The highest BCUT2D eigenvalue weighted by atomic mass is 15.1. The molecule has 1 aromatic heterocycles. The number of nitrogens with zero attached hydrogens (tertiary/aromatic N) is 2. The zero-order valence-electron chi connectivity index (χ0n) is 12.2. The maximum Gasteiger partial charge on any atom is 0.0694 e. The summed E-state index contributed by atoms with van der Waals surface area (Å²) in [6.45, 7) is 0.846. The highest BCUT2D eigenvalue weighted by Gasteiger charge is 2.22. The Kier molecular flexibility index (Phi) is 3.41. The second kappa shape index (κ2) is 5.70. The van der Waals surface area contributed by atoms with Crippen LogP contribution in [0.15, 0.2) is 66.9 Å². The fraction of sp³-hybridized carbons (Fsp3) is 0.158. The van der Waals surface area contributed by atoms with Gasteiger partial charge in [-0.15, -0.1) is 0 Å². The van der Waals surface area contributed by atoms with Gasteiger partial charge in [-0.2, -0.15) is 10.2 Å². The Morgan fingerprint density at radius 3 is 2.64 bits per heavy atom. The minimum absolute atomic E-state index is 0.278. The van der Waals surface area contributed by atoms with Gasteiger partial charge in [-0.05, 0) is 28.3 Å². The molecule has 22 heavy (non-hydrogen) atoms. The first kappa shape index (κ1) is 13.2. The van der Waals surface area contributed by atoms with Crippen LogP contribution < -0.4 is 5.32 Å². The molecule has 0 saturated carbocycles. The lowest BCUT2D eigenvalue weighted by molar-refractivity contribution is 0.487. The van der Waals surface area contributed by atoms with Crippen molar-refractivity contribution in [1.82, 2.24) is 15.5 Å². The number of hydrogen-bond donors (Lipinski definition) is 1. The maximum atomic E-state index is 4.31. The van der Waals surface area contributed by atoms with E-state index >= 15 is 0 Å². The highest BCUT2D eigenvalue weighted by molar-refractivity contribution is 5.68. The first-order chi connectivity index (χ1) is 10.9. The first-order valence-corrected chi connectivity index (χ1v) is 7.59. The molecule has 1 N–H and O–H groups in total. The monoisotopic (exact) mass is 287 g/mol. The Bertz CT molecular complexity index is 783. The van der Waals surface area contributed by atoms with Gasteiger partial charge in [0, 0.05) is 25.2 Å². The van der Waals surface area contributed by atoms with Crippen molar-refractivity contribution in [3.05, 3.63) is 83.7 Å². The molecule has 2 aromatic carbocycles. The topological polar surface area (TPSA) is 37.8 Å². The fourth-order valence-corrected chi connectivity index (χ4v) is 3.12. The number of rotatable bonds is 2. The predicted molar refractivity (Wildman–Crippen MR) is 87.2 cm³/mol. The molecule has 1 unspecified atom stereocenters. The molecule has 1 aliphatic rings. The van der Waals surface area contributed by atoms with Crippen LogP contribution in [0.5, 0.6) is 0 Å². The molecule has 108 valence electrons. The summed E-state index contributed by atoms with van der Waals surface area (Å²) in [4.78, 5) is 0. The standard InChI is InChI=1S/C19H17N3/c1-2-6-14(7-3-1)16-8-4-5-9-17(16)19-12-18-15(13-20-19)10-11-21-22-18/h1-11,19-20H,12-13H2. The zero-order valence-corrected chi connectivity index (χ0v) is 12.2. The van der Waals surface area contributed by atoms with E-state index in [0.29, 0.717) is 0 Å². The van der Waals surface area contributed by atoms with Crippen molar-refractivity contribution >= 4 is 0 Å². The molecule has 0 fully saturated rings. The van der Waals surface area contributed by atoms with E-state index in [-0.39, 0.29) is 6.04 Å². The minimum atomic E-state index is 0.278. The zero-order chi connectivity index (χ0) is 14.8. The third kappa shape index (κ3) is 2.40. The van der Waals surface area contributed by atoms with E-state index in [2.05, 4.69) is 76.2 Å². The summed E-state index contributed by atoms with van der Waals surface area (Å²) in [6, 6.07) is 21.5. The molecule has 2 heterocycles. The van der Waals surface area contributed by atoms with E-state index < -0.39 is 0 Å². The summed E-state index contributed by atoms with van der Waals surface area (Å²) in [6.07, 6.45) is 2.64. The molecule has 1 atom stereocenters. The number of benzene rings is 2. The van der Waals surface area contributed by atoms with Crippen LogP contribution >= 0.6 is 0 Å². The van der Waals surface area contributed by atoms with E-state index in [1.54, 1.807) is 6.20 Å². The first-order valence-electron chi connectivity index (χ1n) is 7.59. The van der Waals surface area contributed by atoms with Crippen molar-refractivity contribution in [1.29, 1.82) is 0 Å². The predicted octanol–water partition coefficient (Wildman–Crippen LogP) is 3.53. The number of nitrogens with one attached hydrogen (secondary N) is 1. The van der Waals surface area contributed by atoms with Gasteiger partial charge in [0.15, 0.2) is 0 Å². The molecule has 3 nitrogen and oxygen atoms in total. The van der Waals surface area contributed by atoms with Crippen LogP contribution in [-0.2, 0) is 13.0 Å². The molecule has 3 aromatic rings. The quantitative estimate of drug-likeness (QED) is 0.783. The molecular formula is C19H17N3. The third-order valence-electron chi connectivity index (χ3n) is 4.25. The Morgan fingerprint density at radius 2 is 1.73 bits per heavy atom. The normalized spacial score (nSPS) is 17.0. The van der Waals surface area contributed by atoms with E-state index in [4.69, 9.17) is 0 Å². The van der Waals surface area contributed by atoms with Crippen molar-refractivity contribution in [2.45, 2.75) is 19.0 Å². The van der Waals surface area contributed by atoms with Crippen molar-refractivity contribution in [2.75, 3.05) is 0 Å². The Morgan fingerprint density at radius 1 is 0.909 bits per heavy atom. The highest BCUT2D eigenvalue weighted by Crippen LogP contribution is 2.32. The second-order valence-electron chi connectivity index (χ2n) is 5.59. The van der Waals surface area contributed by atoms with Gasteiger partial charge in [0.1, 0.15) is 0 Å². The van der Waals surface area contributed by atoms with Crippen LogP contribution in [0.4, 0.5) is 0 Å². The van der Waals surface area contributed by atoms with Crippen LogP contribution in [-0.4, -0.2) is 10.2 Å². The van der Waals surface area contributed by atoms with Crippen molar-refractivity contribution < 1.29 is 0 Å². The molecule has 4 rings (SSSR count). The van der Waals surface area contributed by atoms with Crippen molar-refractivity contribution in [2.24, 2.45) is 0 Å². The lowest BCUT2D eigenvalue weighted by atomic mass is 9.90. The Labute approximate surface area is 130 Å². The van der Waals surface area contributed by atoms with E-state index in [1.807, 2.05) is 0 Å². The van der Waals surface area contributed by atoms with Gasteiger partial charge in [0.05, 0.1) is 5.69 Å². The van der Waals surface area contributed by atoms with Crippen LogP contribution in [0.1, 0.15) is 22.9 Å². The van der Waals surface area contributed by atoms with E-state index in [1.165, 1.54) is 22.3 Å². The number of fused-ring (bicyclic) bond motifs is 1. The second-order valence-corrected chi connectivity index (χ2v) is 5.59. The largest absolute Gasteiger partial charge is 0.305 e. The molecule has 0 spiro atoms. The Hall–Kier alpha value is -2.52. The van der Waals surface area contributed by atoms with Crippen LogP contribution in [0.3, 0.4) is 0 Å². The molecule has 0 amide bonds. The molecule has 0 saturated heterocycles. The summed E-state index contributed by atoms with van der Waals surface area (Å²) in [5.41, 5.74) is 6.22. The van der Waals surface area contributed by atoms with Gasteiger partial charge in [0.2, 0.25) is 0 Å². The molecule has 0 bridgehead atoms. The van der Waals surface area contributed by atoms with Crippen molar-refractivity contribution in [3.63, 3.8) is 0 Å². The molecule has 1 aliphatic heterocycles. The minimum Gasteiger partial charge on any atom is -0.305 e. The molecule has 0 radical (unpaired) electrons. The average Bonchev–Trinajstić information content (AvgIpc) is 2.62. The van der Waals surface area contributed by atoms with Gasteiger partial charge in [-0.3, -0.25) is 0 Å². The van der Waals surface area contributed by atoms with Crippen LogP contribution in [0.25, 0.3) is 11.1 Å². The van der Waals surface area contributed by atoms with Crippen molar-refractivity contribution in [3.8, 4) is 11.1 Å².